The molecule has 0 aromatic carbocycles. The molecule has 0 fully saturated rings. The molecule has 1 aliphatic rings. The van der Waals surface area contributed by atoms with Crippen molar-refractivity contribution in [1.82, 2.24) is 14.4 Å². The Balaban J connectivity index is 1.91. The number of nitrogens with zero attached hydrogens (tertiary/aromatic N) is 3. The molecule has 1 aliphatic carbocycles. The Labute approximate surface area is 159 Å². The Hall–Kier alpha value is -2.08. The summed E-state index contributed by atoms with van der Waals surface area (Å²) in [5.41, 5.74) is 1.98. The van der Waals surface area contributed by atoms with Gasteiger partial charge in [0.15, 0.2) is 0 Å². The Kier molecular flexibility index (Phi) is 5.81. The lowest BCUT2D eigenvalue weighted by molar-refractivity contribution is -0.131. The van der Waals surface area contributed by atoms with Gasteiger partial charge in [-0.3, -0.25) is 9.59 Å². The Morgan fingerprint density at radius 1 is 1.12 bits per heavy atom. The molecule has 0 bridgehead atoms. The minimum atomic E-state index is -0.0476. The average molecular weight is 374 g/mol. The van der Waals surface area contributed by atoms with Gasteiger partial charge in [0.05, 0.1) is 12.1 Å². The van der Waals surface area contributed by atoms with Gasteiger partial charge in [0.2, 0.25) is 5.91 Å². The highest BCUT2D eigenvalue weighted by atomic mass is 32.1. The van der Waals surface area contributed by atoms with Crippen LogP contribution >= 0.6 is 11.3 Å². The SMILES string of the molecule is CCN(CC)C(=O)CN(C)C(=O)c1c(-n2cccc2)sc2c1CCCC2. The number of aromatic nitrogens is 1. The summed E-state index contributed by atoms with van der Waals surface area (Å²) in [5, 5.41) is 0.981. The van der Waals surface area contributed by atoms with E-state index >= 15 is 0 Å². The first-order valence-electron chi connectivity index (χ1n) is 9.37. The van der Waals surface area contributed by atoms with Crippen molar-refractivity contribution < 1.29 is 9.59 Å². The van der Waals surface area contributed by atoms with E-state index in [1.54, 1.807) is 28.2 Å². The van der Waals surface area contributed by atoms with Gasteiger partial charge in [0, 0.05) is 37.4 Å². The molecular weight excluding hydrogens is 346 g/mol. The minimum Gasteiger partial charge on any atom is -0.342 e. The molecule has 0 unspecified atom stereocenters. The van der Waals surface area contributed by atoms with Gasteiger partial charge in [-0.05, 0) is 57.2 Å². The molecule has 2 aromatic rings. The normalized spacial score (nSPS) is 13.3. The highest BCUT2D eigenvalue weighted by Crippen LogP contribution is 2.37. The lowest BCUT2D eigenvalue weighted by Gasteiger charge is -2.24. The van der Waals surface area contributed by atoms with Crippen molar-refractivity contribution in [2.24, 2.45) is 0 Å². The van der Waals surface area contributed by atoms with Crippen molar-refractivity contribution in [3.63, 3.8) is 0 Å². The van der Waals surface area contributed by atoms with Crippen LogP contribution in [0.15, 0.2) is 24.5 Å². The van der Waals surface area contributed by atoms with Crippen molar-refractivity contribution in [3.05, 3.63) is 40.5 Å². The summed E-state index contributed by atoms with van der Waals surface area (Å²) in [5.74, 6) is -0.0499. The van der Waals surface area contributed by atoms with E-state index in [1.807, 2.05) is 42.9 Å². The Bertz CT molecular complexity index is 775. The predicted molar refractivity (Wildman–Crippen MR) is 105 cm³/mol. The predicted octanol–water partition coefficient (Wildman–Crippen LogP) is 3.36. The molecule has 0 atom stereocenters. The van der Waals surface area contributed by atoms with E-state index in [9.17, 15) is 9.59 Å². The van der Waals surface area contributed by atoms with Crippen molar-refractivity contribution in [1.29, 1.82) is 0 Å². The first kappa shape index (κ1) is 18.7. The fourth-order valence-electron chi connectivity index (χ4n) is 3.57. The lowest BCUT2D eigenvalue weighted by Crippen LogP contribution is -2.41. The van der Waals surface area contributed by atoms with E-state index < -0.39 is 0 Å². The van der Waals surface area contributed by atoms with Gasteiger partial charge in [0.25, 0.3) is 5.91 Å². The third-order valence-corrected chi connectivity index (χ3v) is 6.35. The Morgan fingerprint density at radius 3 is 2.42 bits per heavy atom. The summed E-state index contributed by atoms with van der Waals surface area (Å²) in [6.45, 7) is 5.38. The number of carbonyl (C=O) groups is 2. The Morgan fingerprint density at radius 2 is 1.77 bits per heavy atom. The molecule has 0 N–H and O–H groups in total. The second-order valence-electron chi connectivity index (χ2n) is 6.71. The number of likely N-dealkylation sites (N-methyl/N-ethyl adjacent to an activating group) is 2. The van der Waals surface area contributed by atoms with E-state index in [0.29, 0.717) is 13.1 Å². The summed E-state index contributed by atoms with van der Waals surface area (Å²) in [6.07, 6.45) is 8.26. The standard InChI is InChI=1S/C20H27N3O2S/c1-4-22(5-2)17(24)14-21(3)19(25)18-15-10-6-7-11-16(15)26-20(18)23-12-8-9-13-23/h8-9,12-13H,4-7,10-11,14H2,1-3H3. The fraction of sp³-hybridized carbons (Fsp3) is 0.500. The van der Waals surface area contributed by atoms with Gasteiger partial charge >= 0.3 is 0 Å². The monoisotopic (exact) mass is 373 g/mol. The van der Waals surface area contributed by atoms with Crippen LogP contribution < -0.4 is 0 Å². The molecule has 0 spiro atoms. The van der Waals surface area contributed by atoms with Gasteiger partial charge in [-0.1, -0.05) is 0 Å². The summed E-state index contributed by atoms with van der Waals surface area (Å²) in [4.78, 5) is 30.4. The highest BCUT2D eigenvalue weighted by molar-refractivity contribution is 7.15. The first-order chi connectivity index (χ1) is 12.6. The van der Waals surface area contributed by atoms with E-state index in [2.05, 4.69) is 0 Å². The first-order valence-corrected chi connectivity index (χ1v) is 10.2. The molecule has 3 rings (SSSR count). The molecule has 2 amide bonds. The van der Waals surface area contributed by atoms with Crippen LogP contribution in [-0.2, 0) is 17.6 Å². The van der Waals surface area contributed by atoms with Crippen LogP contribution in [0.3, 0.4) is 0 Å². The van der Waals surface area contributed by atoms with Crippen molar-refractivity contribution in [2.75, 3.05) is 26.7 Å². The molecule has 26 heavy (non-hydrogen) atoms. The molecule has 0 saturated heterocycles. The zero-order valence-electron chi connectivity index (χ0n) is 15.8. The van der Waals surface area contributed by atoms with E-state index in [0.717, 1.165) is 29.8 Å². The fourth-order valence-corrected chi connectivity index (χ4v) is 4.91. The second kappa shape index (κ2) is 8.08. The molecule has 6 heteroatoms. The average Bonchev–Trinajstić information content (AvgIpc) is 3.29. The number of hydrogen-bond donors (Lipinski definition) is 0. The van der Waals surface area contributed by atoms with Crippen LogP contribution in [-0.4, -0.2) is 52.9 Å². The molecule has 2 aromatic heterocycles. The van der Waals surface area contributed by atoms with E-state index in [-0.39, 0.29) is 18.4 Å². The van der Waals surface area contributed by atoms with E-state index in [4.69, 9.17) is 0 Å². The quantitative estimate of drug-likeness (QED) is 0.779. The number of fused-ring (bicyclic) bond motifs is 1. The van der Waals surface area contributed by atoms with Crippen LogP contribution in [0.2, 0.25) is 0 Å². The van der Waals surface area contributed by atoms with Gasteiger partial charge in [-0.15, -0.1) is 11.3 Å². The maximum Gasteiger partial charge on any atom is 0.257 e. The molecule has 140 valence electrons. The number of carbonyl (C=O) groups excluding carboxylic acids is 2. The molecule has 0 saturated carbocycles. The topological polar surface area (TPSA) is 45.6 Å². The molecular formula is C20H27N3O2S. The molecule has 0 aliphatic heterocycles. The lowest BCUT2D eigenvalue weighted by atomic mass is 9.95. The van der Waals surface area contributed by atoms with Crippen molar-refractivity contribution >= 4 is 23.2 Å². The summed E-state index contributed by atoms with van der Waals surface area (Å²) in [6, 6.07) is 3.95. The maximum absolute atomic E-state index is 13.3. The van der Waals surface area contributed by atoms with Crippen LogP contribution in [0.5, 0.6) is 0 Å². The third-order valence-electron chi connectivity index (χ3n) is 5.04. The van der Waals surface area contributed by atoms with Gasteiger partial charge < -0.3 is 14.4 Å². The number of rotatable bonds is 6. The number of hydrogen-bond acceptors (Lipinski definition) is 3. The number of aryl methyl sites for hydroxylation is 1. The van der Waals surface area contributed by atoms with Crippen LogP contribution in [0.4, 0.5) is 0 Å². The van der Waals surface area contributed by atoms with Crippen LogP contribution in [0.1, 0.15) is 47.5 Å². The minimum absolute atomic E-state index is 0.00235. The smallest absolute Gasteiger partial charge is 0.257 e. The maximum atomic E-state index is 13.3. The second-order valence-corrected chi connectivity index (χ2v) is 7.79. The summed E-state index contributed by atoms with van der Waals surface area (Å²) < 4.78 is 2.02. The van der Waals surface area contributed by atoms with Crippen LogP contribution in [0.25, 0.3) is 5.00 Å². The van der Waals surface area contributed by atoms with E-state index in [1.165, 1.54) is 16.9 Å². The van der Waals surface area contributed by atoms with Gasteiger partial charge in [0.1, 0.15) is 5.00 Å². The highest BCUT2D eigenvalue weighted by Gasteiger charge is 2.29. The third kappa shape index (κ3) is 3.56. The number of thiophene rings is 1. The van der Waals surface area contributed by atoms with Crippen molar-refractivity contribution in [2.45, 2.75) is 39.5 Å². The molecule has 5 nitrogen and oxygen atoms in total. The van der Waals surface area contributed by atoms with Crippen molar-refractivity contribution in [3.8, 4) is 5.00 Å². The van der Waals surface area contributed by atoms with Crippen LogP contribution in [0, 0.1) is 0 Å². The number of amides is 2. The zero-order valence-corrected chi connectivity index (χ0v) is 16.6. The summed E-state index contributed by atoms with van der Waals surface area (Å²) >= 11 is 1.72. The zero-order chi connectivity index (χ0) is 18.7. The molecule has 0 radical (unpaired) electrons. The van der Waals surface area contributed by atoms with Gasteiger partial charge in [-0.2, -0.15) is 0 Å². The summed E-state index contributed by atoms with van der Waals surface area (Å²) in [7, 11) is 1.73. The largest absolute Gasteiger partial charge is 0.342 e. The van der Waals surface area contributed by atoms with Gasteiger partial charge in [-0.25, -0.2) is 0 Å². The molecule has 2 heterocycles.